The minimum Gasteiger partial charge on any atom is -0.368 e. The van der Waals surface area contributed by atoms with Crippen molar-refractivity contribution in [3.05, 3.63) is 52.1 Å². The molecule has 4 N–H and O–H groups in total. The molecule has 164 valence electrons. The zero-order valence-electron chi connectivity index (χ0n) is 17.9. The third-order valence-electron chi connectivity index (χ3n) is 5.53. The van der Waals surface area contributed by atoms with Gasteiger partial charge in [0.2, 0.25) is 5.91 Å². The molecule has 1 aliphatic rings. The topological polar surface area (TPSA) is 123 Å². The quantitative estimate of drug-likeness (QED) is 0.481. The van der Waals surface area contributed by atoms with Crippen LogP contribution in [0.5, 0.6) is 0 Å². The van der Waals surface area contributed by atoms with Gasteiger partial charge in [-0.3, -0.25) is 19.2 Å². The lowest BCUT2D eigenvalue weighted by molar-refractivity contribution is -0.128. The van der Waals surface area contributed by atoms with Gasteiger partial charge in [0, 0.05) is 17.9 Å². The molecule has 2 heterocycles. The Morgan fingerprint density at radius 3 is 2.45 bits per heavy atom. The standard InChI is InChI=1S/C22H25FN4O4/c1-11-7-8-13(10-14(11)23)25-19(29)16-12(2)17(27-9-5-6-15(16)27)18(28)20(30)26-22(3,4)21(24)31/h7-8,10H,5-6,9H2,1-4H3,(H2,24,31)(H,25,29)(H,26,30). The van der Waals surface area contributed by atoms with Crippen LogP contribution in [0.25, 0.3) is 0 Å². The lowest BCUT2D eigenvalue weighted by atomic mass is 10.0. The lowest BCUT2D eigenvalue weighted by Gasteiger charge is -2.21. The number of nitrogens with two attached hydrogens (primary N) is 1. The highest BCUT2D eigenvalue weighted by Crippen LogP contribution is 2.30. The number of nitrogens with zero attached hydrogens (tertiary/aromatic N) is 1. The Balaban J connectivity index is 1.94. The zero-order valence-corrected chi connectivity index (χ0v) is 17.9. The van der Waals surface area contributed by atoms with Crippen molar-refractivity contribution in [2.24, 2.45) is 5.73 Å². The Bertz CT molecular complexity index is 1120. The van der Waals surface area contributed by atoms with E-state index in [1.165, 1.54) is 19.9 Å². The monoisotopic (exact) mass is 428 g/mol. The minimum absolute atomic E-state index is 0.102. The Labute approximate surface area is 179 Å². The van der Waals surface area contributed by atoms with E-state index in [1.807, 2.05) is 0 Å². The highest BCUT2D eigenvalue weighted by atomic mass is 19.1. The van der Waals surface area contributed by atoms with Gasteiger partial charge in [0.1, 0.15) is 11.4 Å². The summed E-state index contributed by atoms with van der Waals surface area (Å²) in [6, 6.07) is 4.37. The number of amides is 3. The molecule has 1 aromatic carbocycles. The first-order chi connectivity index (χ1) is 14.4. The van der Waals surface area contributed by atoms with Crippen molar-refractivity contribution in [1.82, 2.24) is 9.88 Å². The molecule has 8 nitrogen and oxygen atoms in total. The summed E-state index contributed by atoms with van der Waals surface area (Å²) in [5, 5.41) is 5.01. The fourth-order valence-corrected chi connectivity index (χ4v) is 3.69. The van der Waals surface area contributed by atoms with Crippen LogP contribution in [0.15, 0.2) is 18.2 Å². The molecule has 0 spiro atoms. The van der Waals surface area contributed by atoms with E-state index >= 15 is 0 Å². The Hall–Kier alpha value is -3.49. The van der Waals surface area contributed by atoms with Crippen LogP contribution in [0, 0.1) is 19.7 Å². The largest absolute Gasteiger partial charge is 0.368 e. The molecule has 2 aromatic rings. The van der Waals surface area contributed by atoms with Crippen LogP contribution in [-0.4, -0.2) is 33.6 Å². The van der Waals surface area contributed by atoms with Crippen LogP contribution in [0.3, 0.4) is 0 Å². The average molecular weight is 428 g/mol. The molecule has 0 saturated heterocycles. The van der Waals surface area contributed by atoms with Gasteiger partial charge in [0.25, 0.3) is 17.6 Å². The maximum atomic E-state index is 13.8. The molecule has 3 amide bonds. The number of primary amides is 1. The first-order valence-corrected chi connectivity index (χ1v) is 9.90. The second kappa shape index (κ2) is 7.98. The summed E-state index contributed by atoms with van der Waals surface area (Å²) in [5.41, 5.74) is 6.01. The minimum atomic E-state index is -1.41. The van der Waals surface area contributed by atoms with Crippen molar-refractivity contribution >= 4 is 29.2 Å². The van der Waals surface area contributed by atoms with E-state index in [4.69, 9.17) is 5.73 Å². The fourth-order valence-electron chi connectivity index (χ4n) is 3.69. The molecule has 1 aliphatic heterocycles. The molecule has 0 radical (unpaired) electrons. The molecule has 0 atom stereocenters. The predicted octanol–water partition coefficient (Wildman–Crippen LogP) is 2.01. The number of carbonyl (C=O) groups excluding carboxylic acids is 4. The van der Waals surface area contributed by atoms with Crippen LogP contribution < -0.4 is 16.4 Å². The van der Waals surface area contributed by atoms with Crippen molar-refractivity contribution in [1.29, 1.82) is 0 Å². The van der Waals surface area contributed by atoms with Gasteiger partial charge < -0.3 is 20.9 Å². The molecule has 3 rings (SSSR count). The zero-order chi connectivity index (χ0) is 23.1. The highest BCUT2D eigenvalue weighted by Gasteiger charge is 2.36. The lowest BCUT2D eigenvalue weighted by Crippen LogP contribution is -2.54. The van der Waals surface area contributed by atoms with Crippen molar-refractivity contribution < 1.29 is 23.6 Å². The van der Waals surface area contributed by atoms with Crippen molar-refractivity contribution in [2.75, 3.05) is 5.32 Å². The second-order valence-electron chi connectivity index (χ2n) is 8.24. The maximum absolute atomic E-state index is 13.8. The SMILES string of the molecule is Cc1ccc(NC(=O)c2c(C)c(C(=O)C(=O)NC(C)(C)C(N)=O)n3c2CCC3)cc1F. The van der Waals surface area contributed by atoms with E-state index in [1.54, 1.807) is 30.5 Å². The third-order valence-corrected chi connectivity index (χ3v) is 5.53. The second-order valence-corrected chi connectivity index (χ2v) is 8.24. The van der Waals surface area contributed by atoms with Gasteiger partial charge in [-0.05, 0) is 63.8 Å². The molecule has 31 heavy (non-hydrogen) atoms. The van der Waals surface area contributed by atoms with E-state index in [2.05, 4.69) is 10.6 Å². The van der Waals surface area contributed by atoms with Crippen LogP contribution in [0.1, 0.15) is 57.9 Å². The van der Waals surface area contributed by atoms with Gasteiger partial charge in [-0.2, -0.15) is 0 Å². The Morgan fingerprint density at radius 1 is 1.16 bits per heavy atom. The van der Waals surface area contributed by atoms with Gasteiger partial charge in [0.15, 0.2) is 0 Å². The summed E-state index contributed by atoms with van der Waals surface area (Å²) in [6.07, 6.45) is 1.28. The van der Waals surface area contributed by atoms with Gasteiger partial charge in [-0.15, -0.1) is 0 Å². The number of nitrogens with one attached hydrogen (secondary N) is 2. The number of aryl methyl sites for hydroxylation is 1. The van der Waals surface area contributed by atoms with Gasteiger partial charge in [-0.1, -0.05) is 6.07 Å². The number of carbonyl (C=O) groups is 4. The molecule has 0 saturated carbocycles. The summed E-state index contributed by atoms with van der Waals surface area (Å²) >= 11 is 0. The predicted molar refractivity (Wildman–Crippen MR) is 112 cm³/mol. The number of Topliss-reactive ketones (excluding diaryl/α,β-unsaturated/α-hetero) is 1. The molecule has 0 bridgehead atoms. The first kappa shape index (κ1) is 22.2. The number of hydrogen-bond donors (Lipinski definition) is 3. The first-order valence-electron chi connectivity index (χ1n) is 9.90. The van der Waals surface area contributed by atoms with E-state index in [9.17, 15) is 23.6 Å². The summed E-state index contributed by atoms with van der Waals surface area (Å²) in [5.74, 6) is -3.54. The van der Waals surface area contributed by atoms with E-state index in [-0.39, 0.29) is 5.69 Å². The number of fused-ring (bicyclic) bond motifs is 1. The molecule has 9 heteroatoms. The van der Waals surface area contributed by atoms with Gasteiger partial charge >= 0.3 is 0 Å². The van der Waals surface area contributed by atoms with Crippen molar-refractivity contribution in [2.45, 2.75) is 52.6 Å². The number of rotatable bonds is 6. The molecule has 0 fully saturated rings. The molecule has 1 aromatic heterocycles. The fraction of sp³-hybridized carbons (Fsp3) is 0.364. The number of hydrogen-bond acceptors (Lipinski definition) is 4. The molecular weight excluding hydrogens is 403 g/mol. The van der Waals surface area contributed by atoms with Gasteiger partial charge in [0.05, 0.1) is 11.3 Å². The number of aromatic nitrogens is 1. The normalized spacial score (nSPS) is 12.9. The van der Waals surface area contributed by atoms with Crippen LogP contribution in [0.2, 0.25) is 0 Å². The highest BCUT2D eigenvalue weighted by molar-refractivity contribution is 6.43. The smallest absolute Gasteiger partial charge is 0.294 e. The summed E-state index contributed by atoms with van der Waals surface area (Å²) in [7, 11) is 0. The van der Waals surface area contributed by atoms with E-state index < -0.39 is 34.9 Å². The van der Waals surface area contributed by atoms with Crippen molar-refractivity contribution in [3.63, 3.8) is 0 Å². The summed E-state index contributed by atoms with van der Waals surface area (Å²) in [4.78, 5) is 50.0. The Kier molecular flexibility index (Phi) is 5.71. The molecular formula is C22H25FN4O4. The number of anilines is 1. The summed E-state index contributed by atoms with van der Waals surface area (Å²) in [6.45, 7) is 6.49. The number of benzene rings is 1. The molecule has 0 unspecified atom stereocenters. The van der Waals surface area contributed by atoms with Crippen molar-refractivity contribution in [3.8, 4) is 0 Å². The maximum Gasteiger partial charge on any atom is 0.294 e. The van der Waals surface area contributed by atoms with E-state index in [0.717, 1.165) is 0 Å². The third kappa shape index (κ3) is 4.08. The average Bonchev–Trinajstić information content (AvgIpc) is 3.23. The van der Waals surface area contributed by atoms with Gasteiger partial charge in [-0.25, -0.2) is 4.39 Å². The number of halogens is 1. The van der Waals surface area contributed by atoms with Crippen LogP contribution in [-0.2, 0) is 22.6 Å². The van der Waals surface area contributed by atoms with Crippen LogP contribution in [0.4, 0.5) is 10.1 Å². The van der Waals surface area contributed by atoms with Crippen LogP contribution >= 0.6 is 0 Å². The Morgan fingerprint density at radius 2 is 1.84 bits per heavy atom. The number of ketones is 1. The summed E-state index contributed by atoms with van der Waals surface area (Å²) < 4.78 is 15.5. The van der Waals surface area contributed by atoms with E-state index in [0.29, 0.717) is 47.5 Å². The molecule has 0 aliphatic carbocycles.